The maximum Gasteiger partial charge on any atom is 0.314 e. The minimum atomic E-state index is -0.743. The van der Waals surface area contributed by atoms with Gasteiger partial charge in [-0.3, -0.25) is 9.59 Å². The van der Waals surface area contributed by atoms with Crippen molar-refractivity contribution in [2.24, 2.45) is 12.5 Å². The van der Waals surface area contributed by atoms with Gasteiger partial charge in [0.25, 0.3) is 0 Å². The number of amides is 1. The van der Waals surface area contributed by atoms with E-state index in [0.29, 0.717) is 18.5 Å². The van der Waals surface area contributed by atoms with E-state index in [-0.39, 0.29) is 5.91 Å². The van der Waals surface area contributed by atoms with Crippen molar-refractivity contribution in [2.75, 3.05) is 0 Å². The van der Waals surface area contributed by atoms with Crippen LogP contribution in [0.2, 0.25) is 0 Å². The van der Waals surface area contributed by atoms with Crippen LogP contribution >= 0.6 is 0 Å². The largest absolute Gasteiger partial charge is 0.481 e. The number of allylic oxidation sites excluding steroid dienone is 6. The van der Waals surface area contributed by atoms with Gasteiger partial charge in [-0.2, -0.15) is 0 Å². The number of hydrogen-bond acceptors (Lipinski definition) is 2. The van der Waals surface area contributed by atoms with Gasteiger partial charge in [-0.25, -0.2) is 0 Å². The second-order valence-electron chi connectivity index (χ2n) is 7.76. The van der Waals surface area contributed by atoms with Gasteiger partial charge < -0.3 is 15.0 Å². The van der Waals surface area contributed by atoms with Crippen molar-refractivity contribution in [1.29, 1.82) is 0 Å². The molecule has 0 atom stereocenters. The number of aromatic nitrogens is 1. The van der Waals surface area contributed by atoms with E-state index in [1.54, 1.807) is 0 Å². The molecule has 30 heavy (non-hydrogen) atoms. The van der Waals surface area contributed by atoms with Crippen LogP contribution in [-0.2, 0) is 16.6 Å². The fourth-order valence-corrected chi connectivity index (χ4v) is 3.70. The number of carboxylic acid groups (broad SMARTS) is 1. The van der Waals surface area contributed by atoms with Crippen LogP contribution in [-0.4, -0.2) is 21.6 Å². The quantitative estimate of drug-likeness (QED) is 0.648. The van der Waals surface area contributed by atoms with E-state index in [9.17, 15) is 14.7 Å². The first-order valence-electron chi connectivity index (χ1n) is 10.3. The average molecular weight is 409 g/mol. The SMILES string of the molecule is C=C(/C=c1/c(/C(C)=C/C=C\C(=C\CC)C2(C(=O)O)CC2)cn(C)/c1=C/C)NC(C)=O. The van der Waals surface area contributed by atoms with E-state index in [2.05, 4.69) is 11.9 Å². The summed E-state index contributed by atoms with van der Waals surface area (Å²) in [6, 6.07) is 0. The van der Waals surface area contributed by atoms with Crippen molar-refractivity contribution in [3.63, 3.8) is 0 Å². The molecular weight excluding hydrogens is 376 g/mol. The molecule has 2 rings (SSSR count). The molecule has 2 N–H and O–H groups in total. The highest BCUT2D eigenvalue weighted by atomic mass is 16.4. The monoisotopic (exact) mass is 408 g/mol. The molecule has 160 valence electrons. The highest BCUT2D eigenvalue weighted by Crippen LogP contribution is 2.52. The molecule has 5 heteroatoms. The van der Waals surface area contributed by atoms with E-state index in [0.717, 1.165) is 33.7 Å². The first kappa shape index (κ1) is 23.2. The third-order valence-corrected chi connectivity index (χ3v) is 5.38. The molecule has 0 spiro atoms. The second-order valence-corrected chi connectivity index (χ2v) is 7.76. The Morgan fingerprint density at radius 3 is 2.50 bits per heavy atom. The number of rotatable bonds is 8. The molecule has 1 amide bonds. The van der Waals surface area contributed by atoms with Gasteiger partial charge in [-0.1, -0.05) is 43.9 Å². The van der Waals surface area contributed by atoms with Crippen LogP contribution in [0.5, 0.6) is 0 Å². The summed E-state index contributed by atoms with van der Waals surface area (Å²) >= 11 is 0. The van der Waals surface area contributed by atoms with E-state index in [4.69, 9.17) is 0 Å². The fraction of sp³-hybridized carbons (Fsp3) is 0.360. The minimum absolute atomic E-state index is 0.159. The van der Waals surface area contributed by atoms with E-state index < -0.39 is 11.4 Å². The molecule has 1 saturated carbocycles. The average Bonchev–Trinajstić information content (AvgIpc) is 3.41. The molecule has 1 aromatic rings. The Morgan fingerprint density at radius 2 is 2.00 bits per heavy atom. The van der Waals surface area contributed by atoms with Crippen LogP contribution < -0.4 is 15.9 Å². The molecule has 0 bridgehead atoms. The van der Waals surface area contributed by atoms with Crippen LogP contribution in [0, 0.1) is 5.41 Å². The standard InChI is InChI=1S/C25H32N2O3/c1-7-10-20(25(13-14-25)24(29)30)12-9-11-17(3)22-16-27(6)23(8-2)21(22)15-18(4)26-19(5)28/h8-12,15-16H,4,7,13-14H2,1-3,5-6H3,(H,26,28)(H,29,30)/b12-9-,17-11+,20-10-,21-15-,23-8+. The van der Waals surface area contributed by atoms with Crippen molar-refractivity contribution >= 4 is 29.6 Å². The van der Waals surface area contributed by atoms with Crippen LogP contribution in [0.1, 0.15) is 52.5 Å². The Bertz CT molecular complexity index is 1060. The predicted octanol–water partition coefficient (Wildman–Crippen LogP) is 3.42. The molecule has 0 aliphatic heterocycles. The number of carbonyl (C=O) groups excluding carboxylic acids is 1. The van der Waals surface area contributed by atoms with Crippen LogP contribution in [0.3, 0.4) is 0 Å². The lowest BCUT2D eigenvalue weighted by Gasteiger charge is -2.10. The van der Waals surface area contributed by atoms with Crippen LogP contribution in [0.4, 0.5) is 0 Å². The Kier molecular flexibility index (Phi) is 7.43. The Balaban J connectivity index is 2.43. The summed E-state index contributed by atoms with van der Waals surface area (Å²) in [5.41, 5.74) is 2.77. The molecule has 1 heterocycles. The highest BCUT2D eigenvalue weighted by molar-refractivity contribution is 5.83. The van der Waals surface area contributed by atoms with Gasteiger partial charge in [0.2, 0.25) is 5.91 Å². The zero-order valence-corrected chi connectivity index (χ0v) is 18.6. The van der Waals surface area contributed by atoms with Gasteiger partial charge in [0.05, 0.1) is 5.41 Å². The molecule has 0 saturated heterocycles. The summed E-state index contributed by atoms with van der Waals surface area (Å²) in [4.78, 5) is 23.0. The molecule has 5 nitrogen and oxygen atoms in total. The van der Waals surface area contributed by atoms with Gasteiger partial charge in [0.15, 0.2) is 0 Å². The van der Waals surface area contributed by atoms with E-state index in [1.165, 1.54) is 6.92 Å². The highest BCUT2D eigenvalue weighted by Gasteiger charge is 2.52. The topological polar surface area (TPSA) is 71.3 Å². The molecule has 0 aromatic carbocycles. The van der Waals surface area contributed by atoms with Crippen molar-refractivity contribution < 1.29 is 14.7 Å². The lowest BCUT2D eigenvalue weighted by molar-refractivity contribution is -0.141. The van der Waals surface area contributed by atoms with Crippen molar-refractivity contribution in [3.05, 3.63) is 64.5 Å². The zero-order valence-electron chi connectivity index (χ0n) is 18.6. The van der Waals surface area contributed by atoms with Gasteiger partial charge in [-0.15, -0.1) is 0 Å². The molecular formula is C25H32N2O3. The predicted molar refractivity (Wildman–Crippen MR) is 123 cm³/mol. The minimum Gasteiger partial charge on any atom is -0.481 e. The lowest BCUT2D eigenvalue weighted by Crippen LogP contribution is -2.30. The second kappa shape index (κ2) is 9.61. The maximum absolute atomic E-state index is 11.7. The molecule has 1 aliphatic rings. The molecule has 1 aromatic heterocycles. The molecule has 0 unspecified atom stereocenters. The number of aliphatic carboxylic acids is 1. The number of carbonyl (C=O) groups is 2. The first-order chi connectivity index (χ1) is 14.2. The summed E-state index contributed by atoms with van der Waals surface area (Å²) in [7, 11) is 1.98. The van der Waals surface area contributed by atoms with Gasteiger partial charge in [0, 0.05) is 42.0 Å². The third-order valence-electron chi connectivity index (χ3n) is 5.38. The molecule has 1 aliphatic carbocycles. The Morgan fingerprint density at radius 1 is 1.33 bits per heavy atom. The van der Waals surface area contributed by atoms with Gasteiger partial charge in [-0.05, 0) is 50.3 Å². The first-order valence-corrected chi connectivity index (χ1v) is 10.3. The van der Waals surface area contributed by atoms with Crippen LogP contribution in [0.25, 0.3) is 17.7 Å². The molecule has 0 radical (unpaired) electrons. The van der Waals surface area contributed by atoms with Crippen molar-refractivity contribution in [1.82, 2.24) is 9.88 Å². The van der Waals surface area contributed by atoms with Gasteiger partial charge in [0.1, 0.15) is 0 Å². The van der Waals surface area contributed by atoms with Crippen LogP contribution in [0.15, 0.2) is 48.4 Å². The number of nitrogens with zero attached hydrogens (tertiary/aromatic N) is 1. The number of carboxylic acids is 1. The number of nitrogens with one attached hydrogen (secondary N) is 1. The summed E-state index contributed by atoms with van der Waals surface area (Å²) in [5, 5.41) is 14.3. The maximum atomic E-state index is 11.7. The van der Waals surface area contributed by atoms with Crippen molar-refractivity contribution in [3.8, 4) is 0 Å². The van der Waals surface area contributed by atoms with E-state index in [1.807, 2.05) is 75.0 Å². The lowest BCUT2D eigenvalue weighted by atomic mass is 9.94. The smallest absolute Gasteiger partial charge is 0.314 e. The van der Waals surface area contributed by atoms with Gasteiger partial charge >= 0.3 is 5.97 Å². The third kappa shape index (κ3) is 5.09. The van der Waals surface area contributed by atoms with E-state index >= 15 is 0 Å². The zero-order chi connectivity index (χ0) is 22.5. The number of aryl methyl sites for hydroxylation is 1. The summed E-state index contributed by atoms with van der Waals surface area (Å²) < 4.78 is 2.04. The Hall–Kier alpha value is -3.08. The molecule has 1 fully saturated rings. The number of hydrogen-bond donors (Lipinski definition) is 2. The normalized spacial score (nSPS) is 17.5. The van der Waals surface area contributed by atoms with Crippen molar-refractivity contribution in [2.45, 2.75) is 47.0 Å². The summed E-state index contributed by atoms with van der Waals surface area (Å²) in [6.45, 7) is 11.4. The summed E-state index contributed by atoms with van der Waals surface area (Å²) in [5.74, 6) is -0.902. The fourth-order valence-electron chi connectivity index (χ4n) is 3.70. The Labute approximate surface area is 178 Å². The summed E-state index contributed by atoms with van der Waals surface area (Å²) in [6.07, 6.45) is 16.0.